The molecule has 2 aromatic heterocycles. The fraction of sp³-hybridized carbons (Fsp3) is 0.421. The zero-order valence-corrected chi connectivity index (χ0v) is 14.5. The Morgan fingerprint density at radius 1 is 1.08 bits per heavy atom. The number of aliphatic hydroxyl groups excluding tert-OH is 1. The van der Waals surface area contributed by atoms with E-state index in [0.717, 1.165) is 48.3 Å². The minimum atomic E-state index is 0.0263. The molecule has 3 aromatic rings. The molecule has 1 aromatic carbocycles. The highest BCUT2D eigenvalue weighted by molar-refractivity contribution is 5.88. The fourth-order valence-corrected chi connectivity index (χ4v) is 3.94. The summed E-state index contributed by atoms with van der Waals surface area (Å²) in [6, 6.07) is 9.99. The lowest BCUT2D eigenvalue weighted by Gasteiger charge is -2.33. The molecular formula is C19H21N5O2. The Morgan fingerprint density at radius 2 is 1.85 bits per heavy atom. The van der Waals surface area contributed by atoms with Gasteiger partial charge in [0.1, 0.15) is 5.82 Å². The fourth-order valence-electron chi connectivity index (χ4n) is 3.94. The van der Waals surface area contributed by atoms with Crippen LogP contribution in [0.3, 0.4) is 0 Å². The normalized spacial score (nSPS) is 22.3. The van der Waals surface area contributed by atoms with Crippen LogP contribution in [0.15, 0.2) is 36.5 Å². The summed E-state index contributed by atoms with van der Waals surface area (Å²) in [5.74, 6) is 1.60. The third kappa shape index (κ3) is 2.64. The number of aromatic nitrogens is 4. The standard InChI is InChI=1S/C19H21N5O2/c25-9-8-24-19-16(10-20-24)18(23-11-14-6-7-15(12-23)26-14)21-17(22-19)13-4-2-1-3-5-13/h1-5,10,14-15,25H,6-9,11-12H2. The number of hydrogen-bond acceptors (Lipinski definition) is 6. The minimum Gasteiger partial charge on any atom is -0.394 e. The molecule has 2 bridgehead atoms. The highest BCUT2D eigenvalue weighted by atomic mass is 16.5. The first-order chi connectivity index (χ1) is 12.8. The third-order valence-corrected chi connectivity index (χ3v) is 5.16. The second-order valence-electron chi connectivity index (χ2n) is 6.93. The number of ether oxygens (including phenoxy) is 1. The van der Waals surface area contributed by atoms with Crippen LogP contribution in [0, 0.1) is 0 Å². The van der Waals surface area contributed by atoms with E-state index in [4.69, 9.17) is 14.7 Å². The van der Waals surface area contributed by atoms with Gasteiger partial charge >= 0.3 is 0 Å². The molecule has 2 unspecified atom stereocenters. The average Bonchev–Trinajstić information content (AvgIpc) is 3.24. The SMILES string of the molecule is OCCn1ncc2c(N3CC4CCC(C3)O4)nc(-c3ccccc3)nc21. The molecular weight excluding hydrogens is 330 g/mol. The van der Waals surface area contributed by atoms with Crippen LogP contribution in [0.2, 0.25) is 0 Å². The molecule has 1 N–H and O–H groups in total. The van der Waals surface area contributed by atoms with E-state index in [9.17, 15) is 5.11 Å². The summed E-state index contributed by atoms with van der Waals surface area (Å²) >= 11 is 0. The molecule has 26 heavy (non-hydrogen) atoms. The van der Waals surface area contributed by atoms with E-state index in [2.05, 4.69) is 10.00 Å². The van der Waals surface area contributed by atoms with E-state index in [1.807, 2.05) is 36.5 Å². The van der Waals surface area contributed by atoms with Gasteiger partial charge in [-0.3, -0.25) is 0 Å². The van der Waals surface area contributed by atoms with Gasteiger partial charge in [0.15, 0.2) is 11.5 Å². The van der Waals surface area contributed by atoms with Crippen molar-refractivity contribution >= 4 is 16.9 Å². The Balaban J connectivity index is 1.65. The molecule has 2 saturated heterocycles. The number of nitrogens with zero attached hydrogens (tertiary/aromatic N) is 5. The smallest absolute Gasteiger partial charge is 0.164 e. The number of morpholine rings is 1. The summed E-state index contributed by atoms with van der Waals surface area (Å²) < 4.78 is 7.73. The zero-order valence-electron chi connectivity index (χ0n) is 14.5. The highest BCUT2D eigenvalue weighted by Crippen LogP contribution is 2.33. The van der Waals surface area contributed by atoms with Gasteiger partial charge in [-0.1, -0.05) is 30.3 Å². The first kappa shape index (κ1) is 15.7. The number of rotatable bonds is 4. The molecule has 2 fully saturated rings. The molecule has 4 heterocycles. The van der Waals surface area contributed by atoms with Crippen molar-refractivity contribution in [2.45, 2.75) is 31.6 Å². The van der Waals surface area contributed by atoms with Gasteiger partial charge in [0.2, 0.25) is 0 Å². The van der Waals surface area contributed by atoms with E-state index >= 15 is 0 Å². The van der Waals surface area contributed by atoms with Gasteiger partial charge in [-0.05, 0) is 12.8 Å². The molecule has 7 heteroatoms. The molecule has 5 rings (SSSR count). The van der Waals surface area contributed by atoms with Crippen LogP contribution in [-0.4, -0.2) is 56.8 Å². The molecule has 2 aliphatic rings. The monoisotopic (exact) mass is 351 g/mol. The second kappa shape index (κ2) is 6.34. The Hall–Kier alpha value is -2.51. The summed E-state index contributed by atoms with van der Waals surface area (Å²) in [5, 5.41) is 14.7. The largest absolute Gasteiger partial charge is 0.394 e. The first-order valence-electron chi connectivity index (χ1n) is 9.12. The van der Waals surface area contributed by atoms with Crippen LogP contribution in [0.1, 0.15) is 12.8 Å². The van der Waals surface area contributed by atoms with Gasteiger partial charge < -0.3 is 14.7 Å². The highest BCUT2D eigenvalue weighted by Gasteiger charge is 2.35. The van der Waals surface area contributed by atoms with Crippen molar-refractivity contribution in [2.75, 3.05) is 24.6 Å². The van der Waals surface area contributed by atoms with E-state index in [1.54, 1.807) is 4.68 Å². The van der Waals surface area contributed by atoms with Gasteiger partial charge in [0.05, 0.1) is 36.9 Å². The lowest BCUT2D eigenvalue weighted by Crippen LogP contribution is -2.43. The number of anilines is 1. The van der Waals surface area contributed by atoms with Gasteiger partial charge in [0, 0.05) is 18.7 Å². The lowest BCUT2D eigenvalue weighted by molar-refractivity contribution is 0.0303. The van der Waals surface area contributed by atoms with Crippen LogP contribution in [-0.2, 0) is 11.3 Å². The van der Waals surface area contributed by atoms with Crippen LogP contribution >= 0.6 is 0 Å². The molecule has 2 atom stereocenters. The maximum Gasteiger partial charge on any atom is 0.164 e. The van der Waals surface area contributed by atoms with Crippen LogP contribution in [0.4, 0.5) is 5.82 Å². The number of aliphatic hydroxyl groups is 1. The third-order valence-electron chi connectivity index (χ3n) is 5.16. The maximum atomic E-state index is 9.35. The van der Waals surface area contributed by atoms with Crippen molar-refractivity contribution in [3.63, 3.8) is 0 Å². The average molecular weight is 351 g/mol. The zero-order chi connectivity index (χ0) is 17.5. The van der Waals surface area contributed by atoms with Crippen molar-refractivity contribution < 1.29 is 9.84 Å². The molecule has 0 radical (unpaired) electrons. The van der Waals surface area contributed by atoms with Crippen LogP contribution < -0.4 is 4.90 Å². The first-order valence-corrected chi connectivity index (χ1v) is 9.12. The minimum absolute atomic E-state index is 0.0263. The van der Waals surface area contributed by atoms with E-state index in [1.165, 1.54) is 0 Å². The second-order valence-corrected chi connectivity index (χ2v) is 6.93. The summed E-state index contributed by atoms with van der Waals surface area (Å²) in [6.45, 7) is 2.14. The number of benzene rings is 1. The predicted molar refractivity (Wildman–Crippen MR) is 98.0 cm³/mol. The summed E-state index contributed by atoms with van der Waals surface area (Å²) in [7, 11) is 0. The number of hydrogen-bond donors (Lipinski definition) is 1. The maximum absolute atomic E-state index is 9.35. The van der Waals surface area contributed by atoms with Crippen LogP contribution in [0.25, 0.3) is 22.4 Å². The molecule has 0 saturated carbocycles. The van der Waals surface area contributed by atoms with Gasteiger partial charge in [-0.15, -0.1) is 0 Å². The topological polar surface area (TPSA) is 76.3 Å². The van der Waals surface area contributed by atoms with Crippen molar-refractivity contribution in [1.82, 2.24) is 19.7 Å². The van der Waals surface area contributed by atoms with E-state index < -0.39 is 0 Å². The summed E-state index contributed by atoms with van der Waals surface area (Å²) in [6.07, 6.45) is 4.61. The Labute approximate surface area is 151 Å². The molecule has 0 spiro atoms. The quantitative estimate of drug-likeness (QED) is 0.773. The van der Waals surface area contributed by atoms with Crippen molar-refractivity contribution in [2.24, 2.45) is 0 Å². The van der Waals surface area contributed by atoms with E-state index in [0.29, 0.717) is 12.4 Å². The molecule has 0 aliphatic carbocycles. The molecule has 2 aliphatic heterocycles. The molecule has 0 amide bonds. The Kier molecular flexibility index (Phi) is 3.83. The van der Waals surface area contributed by atoms with Gasteiger partial charge in [-0.25, -0.2) is 14.6 Å². The lowest BCUT2D eigenvalue weighted by atomic mass is 10.2. The predicted octanol–water partition coefficient (Wildman–Crippen LogP) is 1.85. The number of fused-ring (bicyclic) bond motifs is 3. The molecule has 134 valence electrons. The Bertz CT molecular complexity index is 914. The van der Waals surface area contributed by atoms with Crippen molar-refractivity contribution in [1.29, 1.82) is 0 Å². The van der Waals surface area contributed by atoms with Crippen molar-refractivity contribution in [3.05, 3.63) is 36.5 Å². The van der Waals surface area contributed by atoms with E-state index in [-0.39, 0.29) is 18.8 Å². The summed E-state index contributed by atoms with van der Waals surface area (Å²) in [4.78, 5) is 12.0. The molecule has 7 nitrogen and oxygen atoms in total. The summed E-state index contributed by atoms with van der Waals surface area (Å²) in [5.41, 5.74) is 1.74. The Morgan fingerprint density at radius 3 is 2.58 bits per heavy atom. The van der Waals surface area contributed by atoms with Crippen LogP contribution in [0.5, 0.6) is 0 Å². The van der Waals surface area contributed by atoms with Gasteiger partial charge in [0.25, 0.3) is 0 Å². The van der Waals surface area contributed by atoms with Gasteiger partial charge in [-0.2, -0.15) is 5.10 Å². The van der Waals surface area contributed by atoms with Crippen molar-refractivity contribution in [3.8, 4) is 11.4 Å².